The smallest absolute Gasteiger partial charge is 0.151 e. The van der Waals surface area contributed by atoms with Crippen molar-refractivity contribution in [3.05, 3.63) is 36.3 Å². The van der Waals surface area contributed by atoms with Crippen molar-refractivity contribution in [2.45, 2.75) is 19.4 Å². The van der Waals surface area contributed by atoms with Crippen molar-refractivity contribution in [1.29, 1.82) is 0 Å². The fourth-order valence-corrected chi connectivity index (χ4v) is 2.22. The van der Waals surface area contributed by atoms with Crippen molar-refractivity contribution in [2.75, 3.05) is 18.0 Å². The molecule has 0 saturated carbocycles. The van der Waals surface area contributed by atoms with Gasteiger partial charge in [-0.3, -0.25) is 4.68 Å². The van der Waals surface area contributed by atoms with Crippen molar-refractivity contribution in [3.63, 3.8) is 0 Å². The molecule has 2 aromatic rings. The van der Waals surface area contributed by atoms with Crippen LogP contribution < -0.4 is 4.90 Å². The van der Waals surface area contributed by atoms with Crippen LogP contribution >= 0.6 is 0 Å². The Morgan fingerprint density at radius 1 is 1.29 bits per heavy atom. The molecule has 1 aliphatic rings. The lowest BCUT2D eigenvalue weighted by Gasteiger charge is -2.16. The molecule has 0 spiro atoms. The molecule has 1 unspecified atom stereocenters. The molecule has 0 aromatic carbocycles. The second-order valence-electron chi connectivity index (χ2n) is 4.41. The van der Waals surface area contributed by atoms with Crippen molar-refractivity contribution in [3.8, 4) is 0 Å². The molecule has 3 heterocycles. The minimum absolute atomic E-state index is 0.452. The molecule has 0 N–H and O–H groups in total. The van der Waals surface area contributed by atoms with Gasteiger partial charge >= 0.3 is 0 Å². The van der Waals surface area contributed by atoms with Crippen LogP contribution in [-0.2, 0) is 0 Å². The van der Waals surface area contributed by atoms with Crippen LogP contribution in [0.1, 0.15) is 18.2 Å². The Morgan fingerprint density at radius 3 is 2.94 bits per heavy atom. The molecular formula is C12H15N5. The molecule has 1 fully saturated rings. The Labute approximate surface area is 100 Å². The maximum absolute atomic E-state index is 4.29. The van der Waals surface area contributed by atoms with Crippen LogP contribution in [-0.4, -0.2) is 33.1 Å². The van der Waals surface area contributed by atoms with Gasteiger partial charge in [-0.2, -0.15) is 10.2 Å². The van der Waals surface area contributed by atoms with Crippen LogP contribution in [0, 0.1) is 6.92 Å². The van der Waals surface area contributed by atoms with Crippen LogP contribution in [0.4, 0.5) is 5.82 Å². The van der Waals surface area contributed by atoms with Gasteiger partial charge in [0.25, 0.3) is 0 Å². The second-order valence-corrected chi connectivity index (χ2v) is 4.41. The van der Waals surface area contributed by atoms with E-state index in [1.54, 1.807) is 0 Å². The Hall–Kier alpha value is -1.91. The van der Waals surface area contributed by atoms with Crippen LogP contribution in [0.2, 0.25) is 0 Å². The monoisotopic (exact) mass is 229 g/mol. The normalized spacial score (nSPS) is 19.8. The fourth-order valence-electron chi connectivity index (χ4n) is 2.22. The number of hydrogen-bond donors (Lipinski definition) is 0. The number of rotatable bonds is 2. The molecular weight excluding hydrogens is 214 g/mol. The van der Waals surface area contributed by atoms with E-state index in [0.29, 0.717) is 6.04 Å². The van der Waals surface area contributed by atoms with E-state index < -0.39 is 0 Å². The first-order chi connectivity index (χ1) is 8.33. The Morgan fingerprint density at radius 2 is 2.24 bits per heavy atom. The minimum atomic E-state index is 0.452. The third-order valence-corrected chi connectivity index (χ3v) is 3.17. The summed E-state index contributed by atoms with van der Waals surface area (Å²) < 4.78 is 2.03. The van der Waals surface area contributed by atoms with Gasteiger partial charge in [0.05, 0.1) is 11.7 Å². The highest BCUT2D eigenvalue weighted by Gasteiger charge is 2.24. The SMILES string of the molecule is Cc1ccc(N2CCC(n3cccn3)C2)nn1. The zero-order valence-electron chi connectivity index (χ0n) is 9.82. The lowest BCUT2D eigenvalue weighted by atomic mass is 10.3. The van der Waals surface area contributed by atoms with Gasteiger partial charge in [0.15, 0.2) is 5.82 Å². The highest BCUT2D eigenvalue weighted by molar-refractivity contribution is 5.38. The summed E-state index contributed by atoms with van der Waals surface area (Å²) in [5.74, 6) is 0.963. The van der Waals surface area contributed by atoms with Gasteiger partial charge in [-0.05, 0) is 31.5 Å². The Bertz CT molecular complexity index is 476. The average molecular weight is 229 g/mol. The molecule has 5 heteroatoms. The molecule has 17 heavy (non-hydrogen) atoms. The first-order valence-corrected chi connectivity index (χ1v) is 5.87. The Kier molecular flexibility index (Phi) is 2.51. The van der Waals surface area contributed by atoms with Crippen LogP contribution in [0.25, 0.3) is 0 Å². The van der Waals surface area contributed by atoms with Crippen molar-refractivity contribution in [1.82, 2.24) is 20.0 Å². The topological polar surface area (TPSA) is 46.8 Å². The van der Waals surface area contributed by atoms with Crippen molar-refractivity contribution < 1.29 is 0 Å². The third kappa shape index (κ3) is 2.00. The van der Waals surface area contributed by atoms with E-state index in [1.807, 2.05) is 42.2 Å². The number of anilines is 1. The zero-order chi connectivity index (χ0) is 11.7. The van der Waals surface area contributed by atoms with Gasteiger partial charge in [-0.25, -0.2) is 0 Å². The number of nitrogens with zero attached hydrogens (tertiary/aromatic N) is 5. The molecule has 3 rings (SSSR count). The molecule has 0 aliphatic carbocycles. The molecule has 1 aliphatic heterocycles. The van der Waals surface area contributed by atoms with E-state index >= 15 is 0 Å². The highest BCUT2D eigenvalue weighted by atomic mass is 15.3. The number of hydrogen-bond acceptors (Lipinski definition) is 4. The van der Waals surface area contributed by atoms with Crippen molar-refractivity contribution in [2.24, 2.45) is 0 Å². The van der Waals surface area contributed by atoms with Crippen LogP contribution in [0.5, 0.6) is 0 Å². The molecule has 0 bridgehead atoms. The van der Waals surface area contributed by atoms with Gasteiger partial charge < -0.3 is 4.90 Å². The zero-order valence-corrected chi connectivity index (χ0v) is 9.82. The van der Waals surface area contributed by atoms with Gasteiger partial charge in [-0.15, -0.1) is 5.10 Å². The highest BCUT2D eigenvalue weighted by Crippen LogP contribution is 2.24. The summed E-state index contributed by atoms with van der Waals surface area (Å²) >= 11 is 0. The Balaban J connectivity index is 1.74. The number of aromatic nitrogens is 4. The van der Waals surface area contributed by atoms with E-state index in [1.165, 1.54) is 0 Å². The number of aryl methyl sites for hydroxylation is 1. The predicted molar refractivity (Wildman–Crippen MR) is 64.9 cm³/mol. The van der Waals surface area contributed by atoms with Gasteiger partial charge in [0.2, 0.25) is 0 Å². The van der Waals surface area contributed by atoms with E-state index in [-0.39, 0.29) is 0 Å². The van der Waals surface area contributed by atoms with Crippen molar-refractivity contribution >= 4 is 5.82 Å². The lowest BCUT2D eigenvalue weighted by molar-refractivity contribution is 0.494. The maximum atomic E-state index is 4.29. The average Bonchev–Trinajstić information content (AvgIpc) is 3.00. The maximum Gasteiger partial charge on any atom is 0.151 e. The summed E-state index contributed by atoms with van der Waals surface area (Å²) in [6.45, 7) is 3.93. The summed E-state index contributed by atoms with van der Waals surface area (Å²) in [4.78, 5) is 2.26. The summed E-state index contributed by atoms with van der Waals surface area (Å²) in [7, 11) is 0. The summed E-state index contributed by atoms with van der Waals surface area (Å²) in [6, 6.07) is 6.46. The quantitative estimate of drug-likeness (QED) is 0.781. The van der Waals surface area contributed by atoms with Crippen LogP contribution in [0.3, 0.4) is 0 Å². The second kappa shape index (κ2) is 4.16. The third-order valence-electron chi connectivity index (χ3n) is 3.17. The van der Waals surface area contributed by atoms with E-state index in [4.69, 9.17) is 0 Å². The van der Waals surface area contributed by atoms with E-state index in [2.05, 4.69) is 20.2 Å². The molecule has 2 aromatic heterocycles. The fraction of sp³-hybridized carbons (Fsp3) is 0.417. The standard InChI is InChI=1S/C12H15N5/c1-10-3-4-12(15-14-10)16-8-5-11(9-16)17-7-2-6-13-17/h2-4,6-7,11H,5,8-9H2,1H3. The molecule has 5 nitrogen and oxygen atoms in total. The summed E-state index contributed by atoms with van der Waals surface area (Å²) in [5.41, 5.74) is 0.955. The predicted octanol–water partition coefficient (Wildman–Crippen LogP) is 1.43. The molecule has 88 valence electrons. The molecule has 1 saturated heterocycles. The van der Waals surface area contributed by atoms with Gasteiger partial charge in [0.1, 0.15) is 0 Å². The van der Waals surface area contributed by atoms with Gasteiger partial charge in [0, 0.05) is 25.5 Å². The van der Waals surface area contributed by atoms with E-state index in [9.17, 15) is 0 Å². The summed E-state index contributed by atoms with van der Waals surface area (Å²) in [6.07, 6.45) is 4.96. The van der Waals surface area contributed by atoms with Crippen LogP contribution in [0.15, 0.2) is 30.6 Å². The molecule has 1 atom stereocenters. The minimum Gasteiger partial charge on any atom is -0.353 e. The first-order valence-electron chi connectivity index (χ1n) is 5.87. The van der Waals surface area contributed by atoms with E-state index in [0.717, 1.165) is 31.0 Å². The lowest BCUT2D eigenvalue weighted by Crippen LogP contribution is -2.22. The molecule has 0 amide bonds. The van der Waals surface area contributed by atoms with Gasteiger partial charge in [-0.1, -0.05) is 0 Å². The summed E-state index contributed by atoms with van der Waals surface area (Å²) in [5, 5.41) is 12.6. The molecule has 0 radical (unpaired) electrons. The largest absolute Gasteiger partial charge is 0.353 e. The first kappa shape index (κ1) is 10.3.